The van der Waals surface area contributed by atoms with Gasteiger partial charge in [-0.3, -0.25) is 9.78 Å². The van der Waals surface area contributed by atoms with Gasteiger partial charge in [0.25, 0.3) is 0 Å². The van der Waals surface area contributed by atoms with E-state index < -0.39 is 0 Å². The molecule has 3 aromatic rings. The number of nitrogens with one attached hydrogen (secondary N) is 1. The fourth-order valence-electron chi connectivity index (χ4n) is 2.61. The first-order chi connectivity index (χ1) is 12.5. The summed E-state index contributed by atoms with van der Waals surface area (Å²) in [5, 5.41) is 9.66. The van der Waals surface area contributed by atoms with Crippen molar-refractivity contribution in [1.82, 2.24) is 4.98 Å². The molecule has 0 spiro atoms. The molecule has 1 unspecified atom stereocenters. The number of H-pyrrole nitrogens is 1. The maximum absolute atomic E-state index is 11.2. The van der Waals surface area contributed by atoms with Crippen molar-refractivity contribution in [2.24, 2.45) is 0 Å². The molecular formula is C20H21NO4S. The molecule has 1 atom stereocenters. The van der Waals surface area contributed by atoms with Crippen LogP contribution >= 0.6 is 11.3 Å². The fraction of sp³-hybridized carbons (Fsp3) is 0.250. The van der Waals surface area contributed by atoms with Crippen LogP contribution in [0.15, 0.2) is 53.3 Å². The van der Waals surface area contributed by atoms with Crippen molar-refractivity contribution in [3.63, 3.8) is 0 Å². The molecule has 2 N–H and O–H groups in total. The summed E-state index contributed by atoms with van der Waals surface area (Å²) in [6.07, 6.45) is 0.512. The van der Waals surface area contributed by atoms with Crippen LogP contribution in [0.4, 0.5) is 0 Å². The van der Waals surface area contributed by atoms with E-state index in [9.17, 15) is 9.90 Å². The predicted octanol–water partition coefficient (Wildman–Crippen LogP) is 3.92. The van der Waals surface area contributed by atoms with Crippen molar-refractivity contribution in [1.29, 1.82) is 0 Å². The summed E-state index contributed by atoms with van der Waals surface area (Å²) >= 11 is 1.03. The van der Waals surface area contributed by atoms with Gasteiger partial charge in [-0.15, -0.1) is 0 Å². The maximum Gasteiger partial charge on any atom is 0.307 e. The third-order valence-corrected chi connectivity index (χ3v) is 5.04. The highest BCUT2D eigenvalue weighted by atomic mass is 32.1. The Labute approximate surface area is 155 Å². The summed E-state index contributed by atoms with van der Waals surface area (Å²) in [4.78, 5) is 14.0. The number of benzene rings is 2. The van der Waals surface area contributed by atoms with Gasteiger partial charge in [-0.05, 0) is 35.4 Å². The molecule has 0 bridgehead atoms. The average Bonchev–Trinajstić information content (AvgIpc) is 2.98. The zero-order valence-corrected chi connectivity index (χ0v) is 15.5. The second-order valence-electron chi connectivity index (χ2n) is 6.09. The van der Waals surface area contributed by atoms with E-state index in [0.29, 0.717) is 17.9 Å². The number of aromatic amines is 1. The molecule has 0 aliphatic carbocycles. The van der Waals surface area contributed by atoms with Crippen LogP contribution in [-0.2, 0) is 6.42 Å². The van der Waals surface area contributed by atoms with Gasteiger partial charge < -0.3 is 14.6 Å². The lowest BCUT2D eigenvalue weighted by atomic mass is 10.0. The van der Waals surface area contributed by atoms with Crippen molar-refractivity contribution >= 4 is 11.3 Å². The lowest BCUT2D eigenvalue weighted by Crippen LogP contribution is -2.07. The van der Waals surface area contributed by atoms with Gasteiger partial charge in [-0.2, -0.15) is 0 Å². The Morgan fingerprint density at radius 2 is 1.73 bits per heavy atom. The van der Waals surface area contributed by atoms with Gasteiger partial charge in [0.2, 0.25) is 5.88 Å². The molecule has 3 rings (SSSR count). The standard InChI is InChI=1S/C20H21NO4S/c1-13(15-5-9-16(24-2)10-6-15)12-25-17-7-3-14(4-8-17)11-18-19(22)21-20(23)26-18/h3-10,13,22H,11-12H2,1-2H3,(H,21,23). The molecule has 2 aromatic carbocycles. The van der Waals surface area contributed by atoms with Crippen LogP contribution in [0.1, 0.15) is 28.8 Å². The van der Waals surface area contributed by atoms with E-state index in [1.807, 2.05) is 48.5 Å². The van der Waals surface area contributed by atoms with Crippen LogP contribution < -0.4 is 14.3 Å². The van der Waals surface area contributed by atoms with Crippen LogP contribution in [0.5, 0.6) is 17.4 Å². The molecule has 6 heteroatoms. The first-order valence-corrected chi connectivity index (χ1v) is 9.13. The highest BCUT2D eigenvalue weighted by molar-refractivity contribution is 7.09. The van der Waals surface area contributed by atoms with Crippen LogP contribution in [-0.4, -0.2) is 23.8 Å². The fourth-order valence-corrected chi connectivity index (χ4v) is 3.37. The monoisotopic (exact) mass is 371 g/mol. The van der Waals surface area contributed by atoms with Crippen LogP contribution in [0.25, 0.3) is 0 Å². The minimum atomic E-state index is -0.245. The minimum absolute atomic E-state index is 0.0476. The molecule has 1 heterocycles. The molecule has 0 saturated heterocycles. The molecule has 0 fully saturated rings. The molecule has 5 nitrogen and oxygen atoms in total. The van der Waals surface area contributed by atoms with Gasteiger partial charge in [0.15, 0.2) is 0 Å². The second-order valence-corrected chi connectivity index (χ2v) is 7.16. The lowest BCUT2D eigenvalue weighted by Gasteiger charge is -2.14. The van der Waals surface area contributed by atoms with Gasteiger partial charge in [-0.1, -0.05) is 42.5 Å². The number of methoxy groups -OCH3 is 1. The molecule has 26 heavy (non-hydrogen) atoms. The molecule has 1 aromatic heterocycles. The Kier molecular flexibility index (Phi) is 5.63. The minimum Gasteiger partial charge on any atom is -0.497 e. The van der Waals surface area contributed by atoms with Crippen LogP contribution in [0, 0.1) is 0 Å². The molecule has 0 aliphatic rings. The summed E-state index contributed by atoms with van der Waals surface area (Å²) in [7, 11) is 1.66. The normalized spacial score (nSPS) is 11.9. The van der Waals surface area contributed by atoms with E-state index in [-0.39, 0.29) is 16.7 Å². The molecule has 0 radical (unpaired) electrons. The number of ether oxygens (including phenoxy) is 2. The smallest absolute Gasteiger partial charge is 0.307 e. The summed E-state index contributed by atoms with van der Waals surface area (Å²) in [5.41, 5.74) is 2.20. The van der Waals surface area contributed by atoms with Crippen molar-refractivity contribution in [2.45, 2.75) is 19.3 Å². The number of aromatic hydroxyl groups is 1. The Morgan fingerprint density at radius 1 is 1.08 bits per heavy atom. The lowest BCUT2D eigenvalue weighted by molar-refractivity contribution is 0.295. The quantitative estimate of drug-likeness (QED) is 0.660. The van der Waals surface area contributed by atoms with E-state index in [1.54, 1.807) is 7.11 Å². The van der Waals surface area contributed by atoms with E-state index >= 15 is 0 Å². The zero-order chi connectivity index (χ0) is 18.5. The Hall–Kier alpha value is -2.73. The Bertz CT molecular complexity index is 897. The molecular weight excluding hydrogens is 350 g/mol. The number of hydrogen-bond acceptors (Lipinski definition) is 5. The number of rotatable bonds is 7. The Balaban J connectivity index is 1.56. The third-order valence-electron chi connectivity index (χ3n) is 4.17. The Morgan fingerprint density at radius 3 is 2.31 bits per heavy atom. The highest BCUT2D eigenvalue weighted by Gasteiger charge is 2.09. The van der Waals surface area contributed by atoms with Gasteiger partial charge in [0, 0.05) is 12.3 Å². The van der Waals surface area contributed by atoms with Crippen LogP contribution in [0.2, 0.25) is 0 Å². The summed E-state index contributed by atoms with van der Waals surface area (Å²) in [6, 6.07) is 15.7. The van der Waals surface area contributed by atoms with E-state index in [0.717, 1.165) is 28.4 Å². The average molecular weight is 371 g/mol. The first-order valence-electron chi connectivity index (χ1n) is 8.32. The SMILES string of the molecule is COc1ccc(C(C)COc2ccc(Cc3sc(=O)[nH]c3O)cc2)cc1. The topological polar surface area (TPSA) is 71.5 Å². The number of aromatic nitrogens is 1. The summed E-state index contributed by atoms with van der Waals surface area (Å²) < 4.78 is 11.1. The van der Waals surface area contributed by atoms with E-state index in [1.165, 1.54) is 5.56 Å². The molecule has 0 saturated carbocycles. The van der Waals surface area contributed by atoms with Crippen molar-refractivity contribution < 1.29 is 14.6 Å². The predicted molar refractivity (Wildman–Crippen MR) is 103 cm³/mol. The summed E-state index contributed by atoms with van der Waals surface area (Å²) in [5.74, 6) is 1.85. The first kappa shape index (κ1) is 18.1. The second kappa shape index (κ2) is 8.10. The van der Waals surface area contributed by atoms with Gasteiger partial charge >= 0.3 is 4.87 Å². The van der Waals surface area contributed by atoms with E-state index in [4.69, 9.17) is 9.47 Å². The number of hydrogen-bond donors (Lipinski definition) is 2. The molecule has 0 aliphatic heterocycles. The van der Waals surface area contributed by atoms with Gasteiger partial charge in [0.1, 0.15) is 11.5 Å². The van der Waals surface area contributed by atoms with Gasteiger partial charge in [-0.25, -0.2) is 0 Å². The molecule has 136 valence electrons. The molecule has 0 amide bonds. The van der Waals surface area contributed by atoms with Gasteiger partial charge in [0.05, 0.1) is 18.6 Å². The van der Waals surface area contributed by atoms with Crippen molar-refractivity contribution in [3.8, 4) is 17.4 Å². The largest absolute Gasteiger partial charge is 0.497 e. The van der Waals surface area contributed by atoms with E-state index in [2.05, 4.69) is 11.9 Å². The summed E-state index contributed by atoms with van der Waals surface area (Å²) in [6.45, 7) is 2.69. The van der Waals surface area contributed by atoms with Crippen molar-refractivity contribution in [3.05, 3.63) is 74.2 Å². The zero-order valence-electron chi connectivity index (χ0n) is 14.7. The van der Waals surface area contributed by atoms with Crippen LogP contribution in [0.3, 0.4) is 0 Å². The third kappa shape index (κ3) is 4.46. The maximum atomic E-state index is 11.2. The van der Waals surface area contributed by atoms with Crippen molar-refractivity contribution in [2.75, 3.05) is 13.7 Å². The number of thiazole rings is 1. The highest BCUT2D eigenvalue weighted by Crippen LogP contribution is 2.23.